The second kappa shape index (κ2) is 7.61. The van der Waals surface area contributed by atoms with Gasteiger partial charge in [-0.3, -0.25) is 4.79 Å². The summed E-state index contributed by atoms with van der Waals surface area (Å²) in [6.07, 6.45) is 0. The molecule has 0 aliphatic carbocycles. The molecule has 23 heavy (non-hydrogen) atoms. The summed E-state index contributed by atoms with van der Waals surface area (Å²) in [5.74, 6) is 0.181. The van der Waals surface area contributed by atoms with Gasteiger partial charge in [0.15, 0.2) is 6.61 Å². The van der Waals surface area contributed by atoms with Crippen molar-refractivity contribution in [2.75, 3.05) is 20.8 Å². The molecule has 2 rings (SSSR count). The van der Waals surface area contributed by atoms with E-state index >= 15 is 0 Å². The van der Waals surface area contributed by atoms with Gasteiger partial charge in [-0.1, -0.05) is 0 Å². The fourth-order valence-electron chi connectivity index (χ4n) is 1.95. The van der Waals surface area contributed by atoms with Crippen LogP contribution < -0.4 is 9.47 Å². The summed E-state index contributed by atoms with van der Waals surface area (Å²) in [5.41, 5.74) is 1.05. The fourth-order valence-corrected chi connectivity index (χ4v) is 3.26. The molecule has 1 aromatic heterocycles. The summed E-state index contributed by atoms with van der Waals surface area (Å²) in [7, 11) is 3.02. The first-order valence-electron chi connectivity index (χ1n) is 6.64. The summed E-state index contributed by atoms with van der Waals surface area (Å²) >= 11 is 4.58. The van der Waals surface area contributed by atoms with Gasteiger partial charge in [0, 0.05) is 5.56 Å². The molecule has 1 aromatic carbocycles. The SMILES string of the molecule is COc1cc(C(=O)OCC(=O)c2ccc(Br)s2)cc(OC)c1C. The van der Waals surface area contributed by atoms with Crippen LogP contribution in [0.5, 0.6) is 11.5 Å². The highest BCUT2D eigenvalue weighted by Gasteiger charge is 2.17. The third kappa shape index (κ3) is 4.11. The van der Waals surface area contributed by atoms with Crippen molar-refractivity contribution in [2.45, 2.75) is 6.92 Å². The van der Waals surface area contributed by atoms with E-state index in [1.54, 1.807) is 24.3 Å². The Labute approximate surface area is 146 Å². The molecule has 0 spiro atoms. The molecule has 0 aliphatic rings. The van der Waals surface area contributed by atoms with Crippen LogP contribution in [0.1, 0.15) is 25.6 Å². The number of thiophene rings is 1. The third-order valence-corrected chi connectivity index (χ3v) is 4.83. The van der Waals surface area contributed by atoms with Gasteiger partial charge in [-0.05, 0) is 47.1 Å². The predicted octanol–water partition coefficient (Wildman–Crippen LogP) is 3.88. The van der Waals surface area contributed by atoms with Gasteiger partial charge in [-0.25, -0.2) is 4.79 Å². The highest BCUT2D eigenvalue weighted by molar-refractivity contribution is 9.11. The quantitative estimate of drug-likeness (QED) is 0.545. The standard InChI is InChI=1S/C16H15BrO5S/c1-9-12(20-2)6-10(7-13(9)21-3)16(19)22-8-11(18)14-4-5-15(17)23-14/h4-7H,8H2,1-3H3. The molecule has 0 fully saturated rings. The maximum absolute atomic E-state index is 12.1. The molecule has 0 N–H and O–H groups in total. The zero-order valence-corrected chi connectivity index (χ0v) is 15.2. The Hall–Kier alpha value is -1.86. The molecular formula is C16H15BrO5S. The van der Waals surface area contributed by atoms with Crippen LogP contribution in [-0.2, 0) is 4.74 Å². The topological polar surface area (TPSA) is 61.8 Å². The summed E-state index contributed by atoms with van der Waals surface area (Å²) in [6.45, 7) is 1.51. The summed E-state index contributed by atoms with van der Waals surface area (Å²) in [6, 6.07) is 6.58. The van der Waals surface area contributed by atoms with Gasteiger partial charge >= 0.3 is 5.97 Å². The van der Waals surface area contributed by atoms with Gasteiger partial charge < -0.3 is 14.2 Å². The summed E-state index contributed by atoms with van der Waals surface area (Å²) in [5, 5.41) is 0. The van der Waals surface area contributed by atoms with Crippen LogP contribution in [0.25, 0.3) is 0 Å². The van der Waals surface area contributed by atoms with Crippen molar-refractivity contribution in [3.05, 3.63) is 44.1 Å². The number of rotatable bonds is 6. The average Bonchev–Trinajstić information content (AvgIpc) is 2.99. The van der Waals surface area contributed by atoms with Gasteiger partial charge in [0.25, 0.3) is 0 Å². The van der Waals surface area contributed by atoms with Crippen molar-refractivity contribution in [3.63, 3.8) is 0 Å². The van der Waals surface area contributed by atoms with E-state index in [1.807, 2.05) is 6.92 Å². The van der Waals surface area contributed by atoms with Crippen molar-refractivity contribution in [3.8, 4) is 11.5 Å². The minimum Gasteiger partial charge on any atom is -0.496 e. The van der Waals surface area contributed by atoms with Gasteiger partial charge in [0.1, 0.15) is 11.5 Å². The van der Waals surface area contributed by atoms with E-state index < -0.39 is 5.97 Å². The van der Waals surface area contributed by atoms with E-state index in [0.717, 1.165) is 9.35 Å². The Morgan fingerprint density at radius 1 is 1.13 bits per heavy atom. The van der Waals surface area contributed by atoms with Crippen LogP contribution in [0.3, 0.4) is 0 Å². The van der Waals surface area contributed by atoms with Crippen LogP contribution in [0.4, 0.5) is 0 Å². The van der Waals surface area contributed by atoms with Crippen molar-refractivity contribution in [1.82, 2.24) is 0 Å². The molecule has 0 saturated carbocycles. The second-order valence-electron chi connectivity index (χ2n) is 4.61. The molecule has 0 amide bonds. The van der Waals surface area contributed by atoms with Gasteiger partial charge in [-0.15, -0.1) is 11.3 Å². The van der Waals surface area contributed by atoms with Crippen LogP contribution >= 0.6 is 27.3 Å². The first-order chi connectivity index (χ1) is 11.0. The van der Waals surface area contributed by atoms with Crippen molar-refractivity contribution in [2.24, 2.45) is 0 Å². The Balaban J connectivity index is 2.10. The van der Waals surface area contributed by atoms with Gasteiger partial charge in [-0.2, -0.15) is 0 Å². The number of ketones is 1. The largest absolute Gasteiger partial charge is 0.496 e. The fraction of sp³-hybridized carbons (Fsp3) is 0.250. The minimum absolute atomic E-state index is 0.250. The molecule has 0 radical (unpaired) electrons. The predicted molar refractivity (Wildman–Crippen MR) is 90.9 cm³/mol. The smallest absolute Gasteiger partial charge is 0.338 e. The number of halogens is 1. The van der Waals surface area contributed by atoms with E-state index in [9.17, 15) is 9.59 Å². The molecule has 0 atom stereocenters. The zero-order valence-electron chi connectivity index (χ0n) is 12.8. The number of hydrogen-bond donors (Lipinski definition) is 0. The number of Topliss-reactive ketones (excluding diaryl/α,β-unsaturated/α-hetero) is 1. The highest BCUT2D eigenvalue weighted by atomic mass is 79.9. The minimum atomic E-state index is -0.606. The first-order valence-corrected chi connectivity index (χ1v) is 8.25. The van der Waals surface area contributed by atoms with E-state index in [2.05, 4.69) is 15.9 Å². The molecule has 5 nitrogen and oxygen atoms in total. The van der Waals surface area contributed by atoms with Gasteiger partial charge in [0.05, 0.1) is 28.4 Å². The number of benzene rings is 1. The van der Waals surface area contributed by atoms with Crippen LogP contribution in [0.15, 0.2) is 28.1 Å². The van der Waals surface area contributed by atoms with E-state index in [1.165, 1.54) is 25.6 Å². The van der Waals surface area contributed by atoms with Crippen molar-refractivity contribution < 1.29 is 23.8 Å². The van der Waals surface area contributed by atoms with E-state index in [-0.39, 0.29) is 18.0 Å². The lowest BCUT2D eigenvalue weighted by atomic mass is 10.1. The Morgan fingerprint density at radius 2 is 1.74 bits per heavy atom. The monoisotopic (exact) mass is 398 g/mol. The normalized spacial score (nSPS) is 10.3. The molecule has 2 aromatic rings. The maximum atomic E-state index is 12.1. The molecular weight excluding hydrogens is 384 g/mol. The second-order valence-corrected chi connectivity index (χ2v) is 7.07. The Bertz CT molecular complexity index is 713. The maximum Gasteiger partial charge on any atom is 0.338 e. The molecule has 1 heterocycles. The van der Waals surface area contributed by atoms with Crippen molar-refractivity contribution in [1.29, 1.82) is 0 Å². The highest BCUT2D eigenvalue weighted by Crippen LogP contribution is 2.29. The number of methoxy groups -OCH3 is 2. The molecule has 0 aliphatic heterocycles. The Kier molecular flexibility index (Phi) is 5.79. The number of esters is 1. The number of carbonyl (C=O) groups is 2. The van der Waals surface area contributed by atoms with Crippen LogP contribution in [0.2, 0.25) is 0 Å². The van der Waals surface area contributed by atoms with E-state index in [0.29, 0.717) is 16.4 Å². The first kappa shape index (κ1) is 17.5. The van der Waals surface area contributed by atoms with Crippen LogP contribution in [-0.4, -0.2) is 32.6 Å². The van der Waals surface area contributed by atoms with Crippen molar-refractivity contribution >= 4 is 39.0 Å². The lowest BCUT2D eigenvalue weighted by molar-refractivity contribution is 0.0475. The lowest BCUT2D eigenvalue weighted by Gasteiger charge is -2.12. The summed E-state index contributed by atoms with van der Waals surface area (Å²) in [4.78, 5) is 24.6. The molecule has 122 valence electrons. The molecule has 0 saturated heterocycles. The van der Waals surface area contributed by atoms with Gasteiger partial charge in [0.2, 0.25) is 5.78 Å². The number of ether oxygens (including phenoxy) is 3. The average molecular weight is 399 g/mol. The zero-order chi connectivity index (χ0) is 17.0. The lowest BCUT2D eigenvalue weighted by Crippen LogP contribution is -2.13. The Morgan fingerprint density at radius 3 is 2.22 bits per heavy atom. The number of carbonyl (C=O) groups excluding carboxylic acids is 2. The molecule has 0 unspecified atom stereocenters. The third-order valence-electron chi connectivity index (χ3n) is 3.17. The summed E-state index contributed by atoms with van der Waals surface area (Å²) < 4.78 is 16.4. The van der Waals surface area contributed by atoms with E-state index in [4.69, 9.17) is 14.2 Å². The molecule has 0 bridgehead atoms. The number of hydrogen-bond acceptors (Lipinski definition) is 6. The molecule has 7 heteroatoms. The van der Waals surface area contributed by atoms with Crippen LogP contribution in [0, 0.1) is 6.92 Å².